The third-order valence-electron chi connectivity index (χ3n) is 4.46. The Kier molecular flexibility index (Phi) is 14.7. The smallest absolute Gasteiger partial charge is 0.362 e. The van der Waals surface area contributed by atoms with Crippen molar-refractivity contribution in [1.82, 2.24) is 0 Å². The summed E-state index contributed by atoms with van der Waals surface area (Å²) in [5, 5.41) is 30.8. The van der Waals surface area contributed by atoms with E-state index in [0.717, 1.165) is 58.2 Å². The first-order valence-corrected chi connectivity index (χ1v) is 10.2. The van der Waals surface area contributed by atoms with E-state index in [1.165, 1.54) is 0 Å². The summed E-state index contributed by atoms with van der Waals surface area (Å²) in [5.41, 5.74) is 0. The SMILES string of the molecule is O=C(O)[C@@H]1CCC[NH2+]1.O=C(O)[C@@H]1CCC[NH2+]1.O=C(O)[C@@H]1CCC[NH2+]1.[O-]P([O-])[O-]. The minimum Gasteiger partial charge on any atom is -0.854 e. The second-order valence-corrected chi connectivity index (χ2v) is 7.00. The summed E-state index contributed by atoms with van der Waals surface area (Å²) in [6.07, 6.45) is 5.69. The molecule has 3 fully saturated rings. The lowest BCUT2D eigenvalue weighted by Gasteiger charge is -2.39. The summed E-state index contributed by atoms with van der Waals surface area (Å²) >= 11 is 0. The minimum absolute atomic E-state index is 0.144. The van der Waals surface area contributed by atoms with Gasteiger partial charge in [0.2, 0.25) is 0 Å². The molecular weight excluding hydrogens is 397 g/mol. The molecule has 0 saturated carbocycles. The Bertz CT molecular complexity index is 399. The number of carbonyl (C=O) groups is 3. The largest absolute Gasteiger partial charge is 0.854 e. The van der Waals surface area contributed by atoms with Crippen LogP contribution >= 0.6 is 8.60 Å². The van der Waals surface area contributed by atoms with Crippen molar-refractivity contribution in [3.8, 4) is 0 Å². The molecule has 0 amide bonds. The molecule has 3 atom stereocenters. The molecule has 13 heteroatoms. The monoisotopic (exact) mass is 427 g/mol. The predicted molar refractivity (Wildman–Crippen MR) is 89.3 cm³/mol. The predicted octanol–water partition coefficient (Wildman–Crippen LogP) is -6.32. The number of quaternary nitrogens is 3. The lowest BCUT2D eigenvalue weighted by Crippen LogP contribution is -2.88. The Morgan fingerprint density at radius 2 is 0.857 bits per heavy atom. The van der Waals surface area contributed by atoms with Crippen LogP contribution in [-0.2, 0) is 14.4 Å². The van der Waals surface area contributed by atoms with E-state index in [2.05, 4.69) is 0 Å². The Balaban J connectivity index is 0.000000358. The first-order chi connectivity index (χ1) is 13.1. The van der Waals surface area contributed by atoms with E-state index in [-0.39, 0.29) is 18.1 Å². The Hall–Kier alpha value is -1.40. The quantitative estimate of drug-likeness (QED) is 0.235. The minimum atomic E-state index is -3.37. The summed E-state index contributed by atoms with van der Waals surface area (Å²) in [5.74, 6) is -1.99. The molecule has 0 unspecified atom stereocenters. The number of carboxylic acid groups (broad SMARTS) is 3. The van der Waals surface area contributed by atoms with Crippen molar-refractivity contribution in [2.24, 2.45) is 0 Å². The van der Waals surface area contributed by atoms with E-state index < -0.39 is 26.5 Å². The van der Waals surface area contributed by atoms with Crippen LogP contribution in [0.15, 0.2) is 0 Å². The first-order valence-electron chi connectivity index (χ1n) is 9.15. The highest BCUT2D eigenvalue weighted by Gasteiger charge is 2.26. The van der Waals surface area contributed by atoms with Crippen LogP contribution in [0.3, 0.4) is 0 Å². The average molecular weight is 427 g/mol. The van der Waals surface area contributed by atoms with E-state index in [1.807, 2.05) is 16.0 Å². The molecule has 3 saturated heterocycles. The average Bonchev–Trinajstić information content (AvgIpc) is 3.38. The lowest BCUT2D eigenvalue weighted by molar-refractivity contribution is -0.658. The molecule has 0 radical (unpaired) electrons. The van der Waals surface area contributed by atoms with Crippen LogP contribution in [0.1, 0.15) is 38.5 Å². The Labute approximate surface area is 164 Å². The van der Waals surface area contributed by atoms with Gasteiger partial charge in [-0.1, -0.05) is 0 Å². The zero-order chi connectivity index (χ0) is 21.5. The van der Waals surface area contributed by atoms with Crippen LogP contribution < -0.4 is 30.6 Å². The van der Waals surface area contributed by atoms with E-state index in [1.54, 1.807) is 0 Å². The second-order valence-electron chi connectivity index (χ2n) is 6.56. The van der Waals surface area contributed by atoms with Crippen molar-refractivity contribution in [2.75, 3.05) is 19.6 Å². The van der Waals surface area contributed by atoms with Crippen molar-refractivity contribution in [3.05, 3.63) is 0 Å². The standard InChI is InChI=1S/3C5H9NO2.O3P/c3*7-5(8)4-2-1-3-6-4;1-4(2)3/h3*4,6H,1-3H2,(H,7,8);/q;;;-3/p+3/t3*4-;/m000./s1. The number of carboxylic acids is 3. The highest BCUT2D eigenvalue weighted by atomic mass is 31.2. The third kappa shape index (κ3) is 13.7. The van der Waals surface area contributed by atoms with Gasteiger partial charge in [0.05, 0.1) is 19.6 Å². The van der Waals surface area contributed by atoms with Gasteiger partial charge in [0, 0.05) is 38.5 Å². The molecule has 3 heterocycles. The zero-order valence-corrected chi connectivity index (χ0v) is 16.5. The van der Waals surface area contributed by atoms with Crippen molar-refractivity contribution < 1.29 is 60.3 Å². The summed E-state index contributed by atoms with van der Waals surface area (Å²) in [4.78, 5) is 56.0. The molecule has 9 N–H and O–H groups in total. The molecule has 28 heavy (non-hydrogen) atoms. The molecule has 0 bridgehead atoms. The van der Waals surface area contributed by atoms with Crippen LogP contribution in [-0.4, -0.2) is 71.0 Å². The van der Waals surface area contributed by atoms with Crippen LogP contribution in [0.4, 0.5) is 0 Å². The molecule has 3 rings (SSSR count). The molecule has 12 nitrogen and oxygen atoms in total. The zero-order valence-electron chi connectivity index (χ0n) is 15.6. The molecule has 3 aliphatic heterocycles. The maximum atomic E-state index is 10.2. The van der Waals surface area contributed by atoms with Gasteiger partial charge in [-0.2, -0.15) is 0 Å². The van der Waals surface area contributed by atoms with Crippen LogP contribution in [0, 0.1) is 0 Å². The second kappa shape index (κ2) is 15.5. The number of hydrogen-bond donors (Lipinski definition) is 6. The number of aliphatic carboxylic acids is 3. The van der Waals surface area contributed by atoms with E-state index in [4.69, 9.17) is 30.0 Å². The summed E-state index contributed by atoms with van der Waals surface area (Å²) in [6.45, 7) is 2.95. The number of nitrogens with two attached hydrogens (primary N) is 3. The molecule has 0 aliphatic carbocycles. The number of rotatable bonds is 3. The highest BCUT2D eigenvalue weighted by molar-refractivity contribution is 7.33. The van der Waals surface area contributed by atoms with Crippen LogP contribution in [0.25, 0.3) is 0 Å². The molecule has 0 aromatic rings. The van der Waals surface area contributed by atoms with Gasteiger partial charge in [-0.15, -0.1) is 0 Å². The van der Waals surface area contributed by atoms with Crippen LogP contribution in [0.5, 0.6) is 0 Å². The van der Waals surface area contributed by atoms with Gasteiger partial charge >= 0.3 is 17.9 Å². The van der Waals surface area contributed by atoms with Gasteiger partial charge in [-0.3, -0.25) is 0 Å². The fourth-order valence-electron chi connectivity index (χ4n) is 3.00. The van der Waals surface area contributed by atoms with E-state index >= 15 is 0 Å². The van der Waals surface area contributed by atoms with Gasteiger partial charge in [-0.25, -0.2) is 14.4 Å². The van der Waals surface area contributed by atoms with Crippen LogP contribution in [0.2, 0.25) is 0 Å². The first kappa shape index (κ1) is 26.6. The molecule has 0 aromatic heterocycles. The topological polar surface area (TPSA) is 231 Å². The summed E-state index contributed by atoms with van der Waals surface area (Å²) < 4.78 is 0. The summed E-state index contributed by atoms with van der Waals surface area (Å²) in [6, 6.07) is -0.431. The van der Waals surface area contributed by atoms with Gasteiger partial charge in [-0.05, 0) is 0 Å². The molecule has 0 aromatic carbocycles. The van der Waals surface area contributed by atoms with Gasteiger partial charge in [0.25, 0.3) is 0 Å². The van der Waals surface area contributed by atoms with Gasteiger partial charge in [0.1, 0.15) is 0 Å². The lowest BCUT2D eigenvalue weighted by atomic mass is 10.2. The van der Waals surface area contributed by atoms with Crippen molar-refractivity contribution in [1.29, 1.82) is 0 Å². The van der Waals surface area contributed by atoms with E-state index in [9.17, 15) is 14.4 Å². The van der Waals surface area contributed by atoms with Crippen molar-refractivity contribution in [3.63, 3.8) is 0 Å². The normalized spacial score (nSPS) is 25.5. The number of hydrogen-bond acceptors (Lipinski definition) is 6. The van der Waals surface area contributed by atoms with Gasteiger partial charge in [0.15, 0.2) is 18.1 Å². The molecular formula is C15H30N3O9P. The highest BCUT2D eigenvalue weighted by Crippen LogP contribution is 1.97. The van der Waals surface area contributed by atoms with Gasteiger partial charge < -0.3 is 54.6 Å². The third-order valence-corrected chi connectivity index (χ3v) is 4.46. The molecule has 0 spiro atoms. The Morgan fingerprint density at radius 1 is 0.643 bits per heavy atom. The fraction of sp³-hybridized carbons (Fsp3) is 0.800. The van der Waals surface area contributed by atoms with Crippen molar-refractivity contribution in [2.45, 2.75) is 56.7 Å². The maximum Gasteiger partial charge on any atom is 0.362 e. The molecule has 164 valence electrons. The summed E-state index contributed by atoms with van der Waals surface area (Å²) in [7, 11) is -3.37. The fourth-order valence-corrected chi connectivity index (χ4v) is 3.00. The van der Waals surface area contributed by atoms with E-state index in [0.29, 0.717) is 0 Å². The maximum absolute atomic E-state index is 10.2. The Morgan fingerprint density at radius 3 is 0.929 bits per heavy atom. The van der Waals surface area contributed by atoms with Crippen molar-refractivity contribution >= 4 is 26.5 Å². The molecule has 3 aliphatic rings.